The summed E-state index contributed by atoms with van der Waals surface area (Å²) >= 11 is 1.99. The van der Waals surface area contributed by atoms with Crippen molar-refractivity contribution in [3.8, 4) is 0 Å². The molecule has 222 valence electrons. The summed E-state index contributed by atoms with van der Waals surface area (Å²) in [5.74, 6) is -0.662. The van der Waals surface area contributed by atoms with E-state index < -0.39 is 38.6 Å². The summed E-state index contributed by atoms with van der Waals surface area (Å²) in [5, 5.41) is 3.19. The zero-order valence-corrected chi connectivity index (χ0v) is 26.0. The maximum atomic E-state index is 13.0. The third-order valence-electron chi connectivity index (χ3n) is 6.76. The molecule has 10 nitrogen and oxygen atoms in total. The second-order valence-corrected chi connectivity index (χ2v) is 16.0. The lowest BCUT2D eigenvalue weighted by atomic mass is 9.75. The van der Waals surface area contributed by atoms with Gasteiger partial charge in [0.15, 0.2) is 6.61 Å². The van der Waals surface area contributed by atoms with Crippen LogP contribution in [0.2, 0.25) is 0 Å². The molecule has 1 aliphatic rings. The summed E-state index contributed by atoms with van der Waals surface area (Å²) in [6, 6.07) is 9.63. The number of thiophene rings is 2. The van der Waals surface area contributed by atoms with Gasteiger partial charge >= 0.3 is 11.9 Å². The third kappa shape index (κ3) is 8.09. The fraction of sp³-hybridized carbons (Fsp3) is 0.407. The highest BCUT2D eigenvalue weighted by atomic mass is 32.3. The van der Waals surface area contributed by atoms with Crippen molar-refractivity contribution >= 4 is 66.0 Å². The number of rotatable bonds is 11. The van der Waals surface area contributed by atoms with Crippen LogP contribution in [0.4, 0.5) is 11.4 Å². The number of ether oxygens (including phenoxy) is 2. The van der Waals surface area contributed by atoms with Gasteiger partial charge in [0.1, 0.15) is 14.5 Å². The summed E-state index contributed by atoms with van der Waals surface area (Å²) < 4.78 is 66.9. The Balaban J connectivity index is 1.52. The van der Waals surface area contributed by atoms with Crippen molar-refractivity contribution < 1.29 is 35.9 Å². The monoisotopic (exact) mass is 640 g/mol. The maximum Gasteiger partial charge on any atom is 0.344 e. The number of carbonyl (C=O) groups excluding carboxylic acids is 2. The Morgan fingerprint density at radius 1 is 0.927 bits per heavy atom. The third-order valence-corrected chi connectivity index (χ3v) is 12.3. The lowest BCUT2D eigenvalue weighted by molar-refractivity contribution is -0.159. The van der Waals surface area contributed by atoms with Crippen LogP contribution in [0.25, 0.3) is 0 Å². The molecule has 2 N–H and O–H groups in total. The van der Waals surface area contributed by atoms with Crippen LogP contribution in [0, 0.1) is 17.8 Å². The largest absolute Gasteiger partial charge is 0.460 e. The Kier molecular flexibility index (Phi) is 9.77. The van der Waals surface area contributed by atoms with E-state index in [4.69, 9.17) is 9.47 Å². The van der Waals surface area contributed by atoms with Gasteiger partial charge in [-0.3, -0.25) is 9.44 Å². The molecular weight excluding hydrogens is 609 g/mol. The van der Waals surface area contributed by atoms with E-state index in [1.54, 1.807) is 22.9 Å². The zero-order valence-electron chi connectivity index (χ0n) is 22.7. The molecule has 3 aromatic rings. The summed E-state index contributed by atoms with van der Waals surface area (Å²) in [5.41, 5.74) is -0.315. The lowest BCUT2D eigenvalue weighted by Crippen LogP contribution is -2.36. The number of benzene rings is 1. The van der Waals surface area contributed by atoms with Crippen LogP contribution in [-0.2, 0) is 34.3 Å². The van der Waals surface area contributed by atoms with Crippen LogP contribution in [0.15, 0.2) is 61.6 Å². The van der Waals surface area contributed by atoms with Crippen LogP contribution >= 0.6 is 22.7 Å². The molecule has 0 radical (unpaired) electrons. The van der Waals surface area contributed by atoms with Crippen molar-refractivity contribution in [3.63, 3.8) is 0 Å². The maximum absolute atomic E-state index is 13.0. The van der Waals surface area contributed by atoms with Crippen molar-refractivity contribution in [2.75, 3.05) is 16.1 Å². The van der Waals surface area contributed by atoms with Crippen molar-refractivity contribution in [2.24, 2.45) is 17.8 Å². The molecule has 41 heavy (non-hydrogen) atoms. The second-order valence-electron chi connectivity index (χ2n) is 10.3. The first kappa shape index (κ1) is 31.0. The number of nitrogens with one attached hydrogen (secondary N) is 2. The van der Waals surface area contributed by atoms with Gasteiger partial charge in [-0.25, -0.2) is 26.4 Å². The summed E-state index contributed by atoms with van der Waals surface area (Å²) in [7, 11) is -8.02. The standard InChI is InChI=1S/C27H32N2O8S4/c1-17(2)22-9-8-18(3)12-23(22)37-24(30)16-36-27(31)19-13-20(28-40(32,33)25-6-4-10-38-25)15-21(14-19)29-41(34,35)26-7-5-11-39-26/h4-7,10-11,13-15,17-18,22-23,28-29H,8-9,12,16H2,1-3H3. The molecule has 0 bridgehead atoms. The molecule has 1 fully saturated rings. The fourth-order valence-electron chi connectivity index (χ4n) is 4.77. The number of hydrogen-bond acceptors (Lipinski definition) is 10. The van der Waals surface area contributed by atoms with E-state index in [9.17, 15) is 26.4 Å². The molecule has 1 aliphatic carbocycles. The second kappa shape index (κ2) is 12.9. The smallest absolute Gasteiger partial charge is 0.344 e. The molecule has 3 atom stereocenters. The predicted molar refractivity (Wildman–Crippen MR) is 158 cm³/mol. The molecule has 14 heteroatoms. The highest BCUT2D eigenvalue weighted by Gasteiger charge is 2.33. The molecule has 0 aliphatic heterocycles. The van der Waals surface area contributed by atoms with E-state index in [1.165, 1.54) is 30.3 Å². The normalized spacial score (nSPS) is 19.5. The van der Waals surface area contributed by atoms with Gasteiger partial charge in [-0.2, -0.15) is 0 Å². The van der Waals surface area contributed by atoms with Gasteiger partial charge in [0.25, 0.3) is 20.0 Å². The summed E-state index contributed by atoms with van der Waals surface area (Å²) in [4.78, 5) is 25.6. The minimum Gasteiger partial charge on any atom is -0.460 e. The first-order valence-corrected chi connectivity index (χ1v) is 17.7. The van der Waals surface area contributed by atoms with Crippen molar-refractivity contribution in [2.45, 2.75) is 54.6 Å². The molecule has 3 unspecified atom stereocenters. The molecule has 0 spiro atoms. The van der Waals surface area contributed by atoms with Gasteiger partial charge in [0.05, 0.1) is 16.9 Å². The van der Waals surface area contributed by atoms with Crippen molar-refractivity contribution in [1.29, 1.82) is 0 Å². The summed E-state index contributed by atoms with van der Waals surface area (Å²) in [6.45, 7) is 5.65. The van der Waals surface area contributed by atoms with Crippen molar-refractivity contribution in [3.05, 3.63) is 58.8 Å². The number of sulfonamides is 2. The van der Waals surface area contributed by atoms with Crippen LogP contribution in [0.1, 0.15) is 50.4 Å². The minimum atomic E-state index is -4.01. The molecule has 1 aromatic carbocycles. The first-order chi connectivity index (χ1) is 19.3. The fourth-order valence-corrected chi connectivity index (χ4v) is 8.83. The van der Waals surface area contributed by atoms with Gasteiger partial charge in [-0.1, -0.05) is 39.3 Å². The zero-order chi connectivity index (χ0) is 29.8. The van der Waals surface area contributed by atoms with Crippen molar-refractivity contribution in [1.82, 2.24) is 0 Å². The van der Waals surface area contributed by atoms with Crippen LogP contribution < -0.4 is 9.44 Å². The number of carbonyl (C=O) groups is 2. The van der Waals surface area contributed by atoms with E-state index in [-0.39, 0.29) is 37.4 Å². The highest BCUT2D eigenvalue weighted by Crippen LogP contribution is 2.35. The Morgan fingerprint density at radius 2 is 1.49 bits per heavy atom. The minimum absolute atomic E-state index is 0.0330. The van der Waals surface area contributed by atoms with Gasteiger partial charge in [-0.15, -0.1) is 22.7 Å². The number of hydrogen-bond donors (Lipinski definition) is 2. The van der Waals surface area contributed by atoms with E-state index in [2.05, 4.69) is 30.2 Å². The molecule has 2 heterocycles. The van der Waals surface area contributed by atoms with E-state index in [0.717, 1.165) is 41.9 Å². The first-order valence-electron chi connectivity index (χ1n) is 13.0. The quantitative estimate of drug-likeness (QED) is 0.259. The SMILES string of the molecule is CC1CCC(C(C)C)C(OC(=O)COC(=O)c2cc(NS(=O)(=O)c3cccs3)cc(NS(=O)(=O)c3cccs3)c2)C1. The van der Waals surface area contributed by atoms with E-state index in [1.807, 2.05) is 0 Å². The summed E-state index contributed by atoms with van der Waals surface area (Å²) in [6.07, 6.45) is 2.49. The number of anilines is 2. The lowest BCUT2D eigenvalue weighted by Gasteiger charge is -2.36. The molecule has 0 amide bonds. The van der Waals surface area contributed by atoms with Crippen LogP contribution in [0.5, 0.6) is 0 Å². The van der Waals surface area contributed by atoms with Crippen LogP contribution in [0.3, 0.4) is 0 Å². The molecule has 1 saturated carbocycles. The van der Waals surface area contributed by atoms with Gasteiger partial charge < -0.3 is 9.47 Å². The Morgan fingerprint density at radius 3 is 1.98 bits per heavy atom. The van der Waals surface area contributed by atoms with E-state index in [0.29, 0.717) is 11.8 Å². The van der Waals surface area contributed by atoms with Gasteiger partial charge in [0, 0.05) is 0 Å². The Bertz CT molecular complexity index is 1480. The Labute approximate surface area is 248 Å². The average Bonchev–Trinajstić information content (AvgIpc) is 3.62. The van der Waals surface area contributed by atoms with Gasteiger partial charge in [0.2, 0.25) is 0 Å². The molecular formula is C27H32N2O8S4. The molecule has 0 saturated heterocycles. The molecule has 2 aromatic heterocycles. The van der Waals surface area contributed by atoms with Crippen LogP contribution in [-0.4, -0.2) is 41.5 Å². The number of esters is 2. The van der Waals surface area contributed by atoms with Gasteiger partial charge in [-0.05, 0) is 71.7 Å². The topological polar surface area (TPSA) is 145 Å². The Hall–Kier alpha value is -2.94. The predicted octanol–water partition coefficient (Wildman–Crippen LogP) is 5.57. The van der Waals surface area contributed by atoms with E-state index >= 15 is 0 Å². The highest BCUT2D eigenvalue weighted by molar-refractivity contribution is 7.95. The average molecular weight is 641 g/mol. The molecule has 4 rings (SSSR count).